The molecule has 2 N–H and O–H groups in total. The maximum atomic E-state index is 9.72. The van der Waals surface area contributed by atoms with E-state index in [-0.39, 0.29) is 6.10 Å². The van der Waals surface area contributed by atoms with Gasteiger partial charge in [-0.05, 0) is 38.0 Å². The topological polar surface area (TPSA) is 66.3 Å². The molecule has 0 spiro atoms. The Bertz CT molecular complexity index is 580. The predicted octanol–water partition coefficient (Wildman–Crippen LogP) is 2.28. The van der Waals surface area contributed by atoms with E-state index in [0.29, 0.717) is 36.2 Å². The fourth-order valence-corrected chi connectivity index (χ4v) is 2.96. The van der Waals surface area contributed by atoms with Crippen LogP contribution in [0, 0.1) is 0 Å². The van der Waals surface area contributed by atoms with E-state index in [4.69, 9.17) is 21.1 Å². The van der Waals surface area contributed by atoms with Crippen molar-refractivity contribution in [2.45, 2.75) is 32.9 Å². The number of halogens is 1. The Morgan fingerprint density at radius 1 is 1.46 bits per heavy atom. The van der Waals surface area contributed by atoms with Crippen LogP contribution in [0.1, 0.15) is 25.8 Å². The molecule has 0 saturated carbocycles. The van der Waals surface area contributed by atoms with Crippen molar-refractivity contribution in [3.8, 4) is 11.5 Å². The molecule has 2 rings (SSSR count). The lowest BCUT2D eigenvalue weighted by atomic mass is 10.2. The normalized spacial score (nSPS) is 18.0. The van der Waals surface area contributed by atoms with Gasteiger partial charge in [-0.3, -0.25) is 0 Å². The first-order valence-electron chi connectivity index (χ1n) is 8.29. The summed E-state index contributed by atoms with van der Waals surface area (Å²) in [6.45, 7) is 7.12. The fraction of sp³-hybridized carbons (Fsp3) is 0.588. The summed E-state index contributed by atoms with van der Waals surface area (Å²) in [5.74, 6) is 1.97. The summed E-state index contributed by atoms with van der Waals surface area (Å²) in [7, 11) is 1.59. The number of hydrogen-bond acceptors (Lipinski definition) is 4. The molecule has 0 amide bonds. The van der Waals surface area contributed by atoms with Crippen LogP contribution in [-0.4, -0.2) is 55.4 Å². The molecule has 0 bridgehead atoms. The molecule has 1 aliphatic rings. The molecular formula is C17H26ClN3O3. The van der Waals surface area contributed by atoms with Crippen LogP contribution in [0.2, 0.25) is 5.02 Å². The molecule has 1 aromatic rings. The lowest BCUT2D eigenvalue weighted by Crippen LogP contribution is -2.40. The van der Waals surface area contributed by atoms with Crippen molar-refractivity contribution in [3.63, 3.8) is 0 Å². The van der Waals surface area contributed by atoms with E-state index in [0.717, 1.165) is 31.0 Å². The highest BCUT2D eigenvalue weighted by Gasteiger charge is 2.22. The summed E-state index contributed by atoms with van der Waals surface area (Å²) in [5, 5.41) is 13.5. The molecule has 1 fully saturated rings. The summed E-state index contributed by atoms with van der Waals surface area (Å²) >= 11 is 6.30. The van der Waals surface area contributed by atoms with Gasteiger partial charge in [0.1, 0.15) is 0 Å². The number of hydrogen-bond donors (Lipinski definition) is 2. The van der Waals surface area contributed by atoms with Crippen LogP contribution in [0.4, 0.5) is 0 Å². The Balaban J connectivity index is 2.17. The molecule has 1 aromatic carbocycles. The first-order valence-corrected chi connectivity index (χ1v) is 8.67. The quantitative estimate of drug-likeness (QED) is 0.605. The van der Waals surface area contributed by atoms with Crippen molar-refractivity contribution in [2.75, 3.05) is 33.4 Å². The molecule has 1 atom stereocenters. The van der Waals surface area contributed by atoms with E-state index in [1.165, 1.54) is 0 Å². The summed E-state index contributed by atoms with van der Waals surface area (Å²) < 4.78 is 10.9. The van der Waals surface area contributed by atoms with Gasteiger partial charge in [0.15, 0.2) is 17.5 Å². The third-order valence-electron chi connectivity index (χ3n) is 3.79. The maximum absolute atomic E-state index is 9.72. The Morgan fingerprint density at radius 2 is 2.25 bits per heavy atom. The van der Waals surface area contributed by atoms with E-state index in [9.17, 15) is 5.11 Å². The average Bonchev–Trinajstić information content (AvgIpc) is 2.99. The van der Waals surface area contributed by atoms with Gasteiger partial charge in [-0.25, -0.2) is 4.99 Å². The van der Waals surface area contributed by atoms with Crippen LogP contribution >= 0.6 is 11.6 Å². The molecule has 0 radical (unpaired) electrons. The zero-order valence-electron chi connectivity index (χ0n) is 14.5. The minimum atomic E-state index is -0.283. The van der Waals surface area contributed by atoms with Crippen molar-refractivity contribution in [3.05, 3.63) is 22.7 Å². The van der Waals surface area contributed by atoms with Crippen LogP contribution in [-0.2, 0) is 6.54 Å². The van der Waals surface area contributed by atoms with Gasteiger partial charge in [0.05, 0.1) is 31.4 Å². The van der Waals surface area contributed by atoms with E-state index in [1.54, 1.807) is 7.11 Å². The number of benzene rings is 1. The molecule has 7 heteroatoms. The Labute approximate surface area is 148 Å². The monoisotopic (exact) mass is 355 g/mol. The lowest BCUT2D eigenvalue weighted by molar-refractivity contribution is 0.188. The number of nitrogens with zero attached hydrogens (tertiary/aromatic N) is 2. The highest BCUT2D eigenvalue weighted by Crippen LogP contribution is 2.36. The average molecular weight is 356 g/mol. The largest absolute Gasteiger partial charge is 0.493 e. The number of guanidine groups is 1. The molecule has 0 unspecified atom stereocenters. The Morgan fingerprint density at radius 3 is 2.83 bits per heavy atom. The third-order valence-corrected chi connectivity index (χ3v) is 4.07. The zero-order chi connectivity index (χ0) is 17.5. The van der Waals surface area contributed by atoms with E-state index in [1.807, 2.05) is 26.0 Å². The third kappa shape index (κ3) is 4.68. The molecule has 1 saturated heterocycles. The molecule has 134 valence electrons. The Kier molecular flexibility index (Phi) is 6.99. The second kappa shape index (κ2) is 8.99. The zero-order valence-corrected chi connectivity index (χ0v) is 15.3. The number of nitrogens with one attached hydrogen (secondary N) is 1. The lowest BCUT2D eigenvalue weighted by Gasteiger charge is -2.21. The number of ether oxygens (including phenoxy) is 2. The fourth-order valence-electron chi connectivity index (χ4n) is 2.68. The number of aliphatic imine (C=N–C) groups is 1. The number of methoxy groups -OCH3 is 1. The summed E-state index contributed by atoms with van der Waals surface area (Å²) in [4.78, 5) is 6.73. The van der Waals surface area contributed by atoms with Crippen molar-refractivity contribution in [2.24, 2.45) is 4.99 Å². The molecule has 0 aromatic heterocycles. The van der Waals surface area contributed by atoms with Gasteiger partial charge >= 0.3 is 0 Å². The van der Waals surface area contributed by atoms with Gasteiger partial charge in [0.2, 0.25) is 0 Å². The summed E-state index contributed by atoms with van der Waals surface area (Å²) in [6, 6.07) is 3.74. The van der Waals surface area contributed by atoms with Crippen molar-refractivity contribution < 1.29 is 14.6 Å². The van der Waals surface area contributed by atoms with Crippen LogP contribution in [0.25, 0.3) is 0 Å². The second-order valence-electron chi connectivity index (χ2n) is 5.60. The minimum Gasteiger partial charge on any atom is -0.493 e. The van der Waals surface area contributed by atoms with E-state index in [2.05, 4.69) is 15.2 Å². The van der Waals surface area contributed by atoms with Crippen molar-refractivity contribution in [1.29, 1.82) is 0 Å². The van der Waals surface area contributed by atoms with Gasteiger partial charge in [-0.15, -0.1) is 0 Å². The highest BCUT2D eigenvalue weighted by molar-refractivity contribution is 6.32. The van der Waals surface area contributed by atoms with Gasteiger partial charge in [0, 0.05) is 19.6 Å². The minimum absolute atomic E-state index is 0.283. The van der Waals surface area contributed by atoms with Gasteiger partial charge in [-0.2, -0.15) is 0 Å². The van der Waals surface area contributed by atoms with Crippen LogP contribution < -0.4 is 14.8 Å². The highest BCUT2D eigenvalue weighted by atomic mass is 35.5. The number of likely N-dealkylation sites (tertiary alicyclic amines) is 1. The molecule has 0 aliphatic carbocycles. The van der Waals surface area contributed by atoms with Crippen LogP contribution in [0.3, 0.4) is 0 Å². The Hall–Kier alpha value is -1.66. The standard InChI is InChI=1S/C17H26ClN3O3/c1-4-19-17(21-7-6-13(22)11-21)20-10-12-8-14(18)16(24-5-2)15(9-12)23-3/h8-9,13,22H,4-7,10-11H2,1-3H3,(H,19,20)/t13-/m1/s1. The van der Waals surface area contributed by atoms with Crippen molar-refractivity contribution >= 4 is 17.6 Å². The molecule has 1 aliphatic heterocycles. The van der Waals surface area contributed by atoms with E-state index < -0.39 is 0 Å². The first kappa shape index (κ1) is 18.7. The first-order chi connectivity index (χ1) is 11.6. The van der Waals surface area contributed by atoms with Gasteiger partial charge in [-0.1, -0.05) is 11.6 Å². The SMILES string of the molecule is CCNC(=NCc1cc(Cl)c(OCC)c(OC)c1)N1CC[C@@H](O)C1. The van der Waals surface area contributed by atoms with E-state index >= 15 is 0 Å². The molecular weight excluding hydrogens is 330 g/mol. The maximum Gasteiger partial charge on any atom is 0.194 e. The molecule has 24 heavy (non-hydrogen) atoms. The second-order valence-corrected chi connectivity index (χ2v) is 6.01. The smallest absolute Gasteiger partial charge is 0.194 e. The van der Waals surface area contributed by atoms with Gasteiger partial charge in [0.25, 0.3) is 0 Å². The van der Waals surface area contributed by atoms with Gasteiger partial charge < -0.3 is 24.8 Å². The number of aliphatic hydroxyl groups is 1. The summed E-state index contributed by atoms with van der Waals surface area (Å²) in [5.41, 5.74) is 0.940. The summed E-state index contributed by atoms with van der Waals surface area (Å²) in [6.07, 6.45) is 0.487. The molecule has 1 heterocycles. The van der Waals surface area contributed by atoms with Crippen LogP contribution in [0.5, 0.6) is 11.5 Å². The number of rotatable bonds is 6. The van der Waals surface area contributed by atoms with Crippen molar-refractivity contribution in [1.82, 2.24) is 10.2 Å². The molecule has 6 nitrogen and oxygen atoms in total. The number of aliphatic hydroxyl groups excluding tert-OH is 1. The number of β-amino-alcohol motifs (C(OH)–C–C–N with tert-alkyl or cyclic N) is 1. The van der Waals surface area contributed by atoms with Crippen LogP contribution in [0.15, 0.2) is 17.1 Å². The predicted molar refractivity (Wildman–Crippen MR) is 96.2 cm³/mol.